The van der Waals surface area contributed by atoms with Gasteiger partial charge in [0, 0.05) is 18.0 Å². The largest absolute Gasteiger partial charge is 0.417 e. The van der Waals surface area contributed by atoms with E-state index in [1.807, 2.05) is 0 Å². The summed E-state index contributed by atoms with van der Waals surface area (Å²) in [5.74, 6) is 0. The zero-order valence-corrected chi connectivity index (χ0v) is 7.73. The van der Waals surface area contributed by atoms with Crippen LogP contribution in [-0.2, 0) is 6.18 Å². The van der Waals surface area contributed by atoms with Crippen LogP contribution in [0.2, 0.25) is 0 Å². The highest BCUT2D eigenvalue weighted by Gasteiger charge is 2.33. The number of halogens is 3. The van der Waals surface area contributed by atoms with Crippen LogP contribution in [0.15, 0.2) is 25.0 Å². The van der Waals surface area contributed by atoms with Crippen molar-refractivity contribution in [2.45, 2.75) is 19.5 Å². The predicted molar refractivity (Wildman–Crippen MR) is 48.6 cm³/mol. The van der Waals surface area contributed by atoms with E-state index in [-0.39, 0.29) is 5.56 Å². The molecule has 76 valence electrons. The fourth-order valence-corrected chi connectivity index (χ4v) is 1.11. The van der Waals surface area contributed by atoms with Gasteiger partial charge in [0.1, 0.15) is 0 Å². The van der Waals surface area contributed by atoms with Crippen molar-refractivity contribution in [1.29, 1.82) is 0 Å². The van der Waals surface area contributed by atoms with Gasteiger partial charge in [-0.3, -0.25) is 4.98 Å². The van der Waals surface area contributed by atoms with Crippen LogP contribution in [0.25, 0.3) is 5.57 Å². The van der Waals surface area contributed by atoms with Crippen molar-refractivity contribution < 1.29 is 13.2 Å². The first-order valence-electron chi connectivity index (χ1n) is 4.16. The molecular weight excluding hydrogens is 191 g/mol. The van der Waals surface area contributed by atoms with Crippen LogP contribution >= 0.6 is 0 Å². The first-order chi connectivity index (χ1) is 6.46. The zero-order valence-electron chi connectivity index (χ0n) is 7.73. The summed E-state index contributed by atoms with van der Waals surface area (Å²) >= 11 is 0. The Labute approximate surface area is 80.3 Å². The molecule has 0 aliphatic rings. The molecule has 0 aliphatic carbocycles. The number of hydrogen-bond acceptors (Lipinski definition) is 1. The summed E-state index contributed by atoms with van der Waals surface area (Å²) in [7, 11) is 0. The molecule has 1 heterocycles. The average Bonchev–Trinajstić information content (AvgIpc) is 2.15. The summed E-state index contributed by atoms with van der Waals surface area (Å²) < 4.78 is 37.4. The van der Waals surface area contributed by atoms with Crippen LogP contribution in [0.5, 0.6) is 0 Å². The highest BCUT2D eigenvalue weighted by molar-refractivity contribution is 5.65. The average molecular weight is 201 g/mol. The maximum atomic E-state index is 12.5. The number of pyridine rings is 1. The van der Waals surface area contributed by atoms with E-state index in [1.54, 1.807) is 6.92 Å². The Hall–Kier alpha value is -1.32. The Morgan fingerprint density at radius 2 is 2.14 bits per heavy atom. The van der Waals surface area contributed by atoms with E-state index in [2.05, 4.69) is 11.6 Å². The molecule has 0 fully saturated rings. The Balaban J connectivity index is 3.23. The van der Waals surface area contributed by atoms with Gasteiger partial charge in [-0.05, 0) is 18.1 Å². The van der Waals surface area contributed by atoms with Crippen molar-refractivity contribution in [3.63, 3.8) is 0 Å². The molecule has 0 atom stereocenters. The molecule has 1 nitrogen and oxygen atoms in total. The lowest BCUT2D eigenvalue weighted by Crippen LogP contribution is -2.08. The van der Waals surface area contributed by atoms with Gasteiger partial charge in [0.05, 0.1) is 5.56 Å². The number of alkyl halides is 3. The maximum absolute atomic E-state index is 12.5. The van der Waals surface area contributed by atoms with E-state index in [1.165, 1.54) is 6.20 Å². The van der Waals surface area contributed by atoms with Gasteiger partial charge in [-0.1, -0.05) is 13.5 Å². The maximum Gasteiger partial charge on any atom is 0.417 e. The third kappa shape index (κ3) is 2.13. The molecule has 0 saturated heterocycles. The molecule has 14 heavy (non-hydrogen) atoms. The fourth-order valence-electron chi connectivity index (χ4n) is 1.11. The van der Waals surface area contributed by atoms with Crippen LogP contribution < -0.4 is 0 Å². The molecule has 1 rings (SSSR count). The van der Waals surface area contributed by atoms with Crippen molar-refractivity contribution in [2.75, 3.05) is 0 Å². The summed E-state index contributed by atoms with van der Waals surface area (Å²) in [5, 5.41) is 0. The zero-order chi connectivity index (χ0) is 10.8. The van der Waals surface area contributed by atoms with Gasteiger partial charge in [-0.15, -0.1) is 0 Å². The Morgan fingerprint density at radius 3 is 2.64 bits per heavy atom. The van der Waals surface area contributed by atoms with Crippen LogP contribution in [0.4, 0.5) is 13.2 Å². The Morgan fingerprint density at radius 1 is 1.50 bits per heavy atom. The molecule has 0 bridgehead atoms. The number of allylic oxidation sites excluding steroid dienone is 1. The summed E-state index contributed by atoms with van der Waals surface area (Å²) in [6.45, 7) is 5.34. The number of aromatic nitrogens is 1. The van der Waals surface area contributed by atoms with E-state index in [4.69, 9.17) is 0 Å². The van der Waals surface area contributed by atoms with Crippen LogP contribution in [0.3, 0.4) is 0 Å². The standard InChI is InChI=1S/C10H10F3N/c1-3-7(2)8-6-14-5-4-9(8)10(11,12)13/h4-6H,2-3H2,1H3. The SMILES string of the molecule is C=C(CC)c1cnccc1C(F)(F)F. The third-order valence-electron chi connectivity index (χ3n) is 1.93. The molecule has 0 amide bonds. The highest BCUT2D eigenvalue weighted by Crippen LogP contribution is 2.34. The lowest BCUT2D eigenvalue weighted by Gasteiger charge is -2.12. The van der Waals surface area contributed by atoms with Gasteiger partial charge in [0.15, 0.2) is 0 Å². The second kappa shape index (κ2) is 3.82. The van der Waals surface area contributed by atoms with Crippen molar-refractivity contribution >= 4 is 5.57 Å². The predicted octanol–water partition coefficient (Wildman–Crippen LogP) is 3.52. The van der Waals surface area contributed by atoms with E-state index in [9.17, 15) is 13.2 Å². The van der Waals surface area contributed by atoms with Crippen molar-refractivity contribution in [1.82, 2.24) is 4.98 Å². The van der Waals surface area contributed by atoms with Crippen molar-refractivity contribution in [3.8, 4) is 0 Å². The lowest BCUT2D eigenvalue weighted by atomic mass is 10.0. The van der Waals surface area contributed by atoms with Gasteiger partial charge >= 0.3 is 6.18 Å². The molecule has 0 aromatic carbocycles. The number of hydrogen-bond donors (Lipinski definition) is 0. The minimum Gasteiger partial charge on any atom is -0.264 e. The van der Waals surface area contributed by atoms with Gasteiger partial charge in [-0.25, -0.2) is 0 Å². The quantitative estimate of drug-likeness (QED) is 0.713. The van der Waals surface area contributed by atoms with Crippen LogP contribution in [0, 0.1) is 0 Å². The fraction of sp³-hybridized carbons (Fsp3) is 0.300. The van der Waals surface area contributed by atoms with E-state index in [0.717, 1.165) is 12.3 Å². The summed E-state index contributed by atoms with van der Waals surface area (Å²) in [4.78, 5) is 3.67. The molecular formula is C10H10F3N. The first kappa shape index (κ1) is 10.8. The minimum atomic E-state index is -4.34. The smallest absolute Gasteiger partial charge is 0.264 e. The van der Waals surface area contributed by atoms with E-state index in [0.29, 0.717) is 12.0 Å². The van der Waals surface area contributed by atoms with E-state index < -0.39 is 11.7 Å². The molecule has 0 saturated carbocycles. The molecule has 0 N–H and O–H groups in total. The minimum absolute atomic E-state index is 0.0856. The van der Waals surface area contributed by atoms with E-state index >= 15 is 0 Å². The summed E-state index contributed by atoms with van der Waals surface area (Å²) in [5.41, 5.74) is -0.132. The summed E-state index contributed by atoms with van der Waals surface area (Å²) in [6, 6.07) is 0.968. The van der Waals surface area contributed by atoms with Crippen molar-refractivity contribution in [2.24, 2.45) is 0 Å². The third-order valence-corrected chi connectivity index (χ3v) is 1.93. The number of nitrogens with zero attached hydrogens (tertiary/aromatic N) is 1. The monoisotopic (exact) mass is 201 g/mol. The van der Waals surface area contributed by atoms with Crippen LogP contribution in [-0.4, -0.2) is 4.98 Å². The molecule has 0 spiro atoms. The Kier molecular flexibility index (Phi) is 2.93. The Bertz CT molecular complexity index is 341. The highest BCUT2D eigenvalue weighted by atomic mass is 19.4. The van der Waals surface area contributed by atoms with Crippen LogP contribution in [0.1, 0.15) is 24.5 Å². The molecule has 1 aromatic rings. The van der Waals surface area contributed by atoms with Gasteiger partial charge < -0.3 is 0 Å². The number of rotatable bonds is 2. The molecule has 0 unspecified atom stereocenters. The second-order valence-electron chi connectivity index (χ2n) is 2.88. The summed E-state index contributed by atoms with van der Waals surface area (Å²) in [6.07, 6.45) is -1.52. The van der Waals surface area contributed by atoms with Gasteiger partial charge in [0.2, 0.25) is 0 Å². The molecule has 0 radical (unpaired) electrons. The first-order valence-corrected chi connectivity index (χ1v) is 4.16. The molecule has 1 aromatic heterocycles. The van der Waals surface area contributed by atoms with Crippen molar-refractivity contribution in [3.05, 3.63) is 36.2 Å². The lowest BCUT2D eigenvalue weighted by molar-refractivity contribution is -0.137. The van der Waals surface area contributed by atoms with Gasteiger partial charge in [-0.2, -0.15) is 13.2 Å². The molecule has 0 aliphatic heterocycles. The topological polar surface area (TPSA) is 12.9 Å². The second-order valence-corrected chi connectivity index (χ2v) is 2.88. The molecule has 4 heteroatoms. The van der Waals surface area contributed by atoms with Gasteiger partial charge in [0.25, 0.3) is 0 Å². The normalized spacial score (nSPS) is 11.4.